The second kappa shape index (κ2) is 10.9. The van der Waals surface area contributed by atoms with E-state index in [-0.39, 0.29) is 6.10 Å². The van der Waals surface area contributed by atoms with E-state index in [1.54, 1.807) is 7.05 Å². The van der Waals surface area contributed by atoms with Gasteiger partial charge in [0.1, 0.15) is 5.75 Å². The highest BCUT2D eigenvalue weighted by atomic mass is 16.5. The van der Waals surface area contributed by atoms with Crippen molar-refractivity contribution < 1.29 is 14.2 Å². The lowest BCUT2D eigenvalue weighted by molar-refractivity contribution is 0.0420. The predicted octanol–water partition coefficient (Wildman–Crippen LogP) is 1.95. The maximum absolute atomic E-state index is 5.75. The molecule has 0 amide bonds. The van der Waals surface area contributed by atoms with Crippen molar-refractivity contribution in [2.45, 2.75) is 32.4 Å². The largest absolute Gasteiger partial charge is 0.494 e. The molecule has 1 heterocycles. The molecule has 0 aliphatic carbocycles. The van der Waals surface area contributed by atoms with Crippen LogP contribution in [0.2, 0.25) is 0 Å². The maximum atomic E-state index is 5.75. The molecule has 1 fully saturated rings. The third-order valence-electron chi connectivity index (χ3n) is 3.80. The van der Waals surface area contributed by atoms with Gasteiger partial charge in [-0.25, -0.2) is 0 Å². The van der Waals surface area contributed by atoms with E-state index in [1.807, 2.05) is 25.1 Å². The van der Waals surface area contributed by atoms with Crippen LogP contribution in [0.3, 0.4) is 0 Å². The van der Waals surface area contributed by atoms with Crippen LogP contribution in [0.4, 0.5) is 0 Å². The van der Waals surface area contributed by atoms with Gasteiger partial charge in [0, 0.05) is 38.9 Å². The van der Waals surface area contributed by atoms with E-state index in [1.165, 1.54) is 0 Å². The molecule has 24 heavy (non-hydrogen) atoms. The molecule has 1 aliphatic heterocycles. The van der Waals surface area contributed by atoms with Gasteiger partial charge in [0.05, 0.1) is 19.3 Å². The molecular formula is C18H29N3O3. The predicted molar refractivity (Wildman–Crippen MR) is 95.6 cm³/mol. The Morgan fingerprint density at radius 3 is 2.96 bits per heavy atom. The van der Waals surface area contributed by atoms with Crippen molar-refractivity contribution in [2.75, 3.05) is 40.0 Å². The number of nitrogens with zero attached hydrogens (tertiary/aromatic N) is 1. The monoisotopic (exact) mass is 335 g/mol. The lowest BCUT2D eigenvalue weighted by atomic mass is 10.2. The summed E-state index contributed by atoms with van der Waals surface area (Å²) in [5, 5.41) is 6.62. The minimum Gasteiger partial charge on any atom is -0.494 e. The molecule has 6 nitrogen and oxygen atoms in total. The Morgan fingerprint density at radius 1 is 1.33 bits per heavy atom. The summed E-state index contributed by atoms with van der Waals surface area (Å²) in [7, 11) is 1.77. The average Bonchev–Trinajstić information content (AvgIpc) is 3.12. The molecule has 1 aromatic rings. The van der Waals surface area contributed by atoms with E-state index < -0.39 is 0 Å². The minimum absolute atomic E-state index is 0.275. The molecule has 0 spiro atoms. The van der Waals surface area contributed by atoms with Gasteiger partial charge in [-0.05, 0) is 25.8 Å². The van der Waals surface area contributed by atoms with Crippen LogP contribution in [0.25, 0.3) is 0 Å². The van der Waals surface area contributed by atoms with Crippen molar-refractivity contribution in [3.8, 4) is 5.75 Å². The number of benzene rings is 1. The molecule has 1 unspecified atom stereocenters. The highest BCUT2D eigenvalue weighted by Crippen LogP contribution is 2.17. The van der Waals surface area contributed by atoms with E-state index in [0.29, 0.717) is 13.2 Å². The van der Waals surface area contributed by atoms with E-state index in [0.717, 1.165) is 56.5 Å². The number of ether oxygens (including phenoxy) is 3. The van der Waals surface area contributed by atoms with Crippen LogP contribution in [-0.4, -0.2) is 52.1 Å². The Hall–Kier alpha value is -1.79. The Kier molecular flexibility index (Phi) is 8.41. The molecule has 2 rings (SSSR count). The van der Waals surface area contributed by atoms with Gasteiger partial charge < -0.3 is 24.8 Å². The van der Waals surface area contributed by atoms with Crippen LogP contribution in [0.1, 0.15) is 25.3 Å². The maximum Gasteiger partial charge on any atom is 0.191 e. The Bertz CT molecular complexity index is 502. The molecule has 0 aromatic heterocycles. The molecule has 0 saturated carbocycles. The van der Waals surface area contributed by atoms with Crippen molar-refractivity contribution in [2.24, 2.45) is 4.99 Å². The fourth-order valence-corrected chi connectivity index (χ4v) is 2.52. The summed E-state index contributed by atoms with van der Waals surface area (Å²) in [4.78, 5) is 4.25. The molecule has 1 aliphatic rings. The quantitative estimate of drug-likeness (QED) is 0.410. The zero-order valence-electron chi connectivity index (χ0n) is 14.7. The number of para-hydroxylation sites is 1. The van der Waals surface area contributed by atoms with Crippen molar-refractivity contribution in [1.82, 2.24) is 10.6 Å². The number of hydrogen-bond donors (Lipinski definition) is 2. The normalized spacial score (nSPS) is 17.8. The van der Waals surface area contributed by atoms with Crippen LogP contribution in [0.15, 0.2) is 29.3 Å². The molecule has 0 bridgehead atoms. The van der Waals surface area contributed by atoms with Crippen molar-refractivity contribution in [3.63, 3.8) is 0 Å². The molecule has 6 heteroatoms. The second-order valence-electron chi connectivity index (χ2n) is 5.60. The van der Waals surface area contributed by atoms with Gasteiger partial charge in [-0.3, -0.25) is 4.99 Å². The summed E-state index contributed by atoms with van der Waals surface area (Å²) in [5.74, 6) is 1.70. The first kappa shape index (κ1) is 18.5. The molecule has 1 atom stereocenters. The Balaban J connectivity index is 1.65. The van der Waals surface area contributed by atoms with Crippen molar-refractivity contribution in [1.29, 1.82) is 0 Å². The molecule has 134 valence electrons. The molecule has 1 saturated heterocycles. The SMILES string of the molecule is CCOc1ccccc1CNC(=NC)NCCCOC1CCOC1. The number of aliphatic imine (C=N–C) groups is 1. The van der Waals surface area contributed by atoms with Gasteiger partial charge >= 0.3 is 0 Å². The van der Waals surface area contributed by atoms with Crippen LogP contribution in [0, 0.1) is 0 Å². The molecular weight excluding hydrogens is 306 g/mol. The lowest BCUT2D eigenvalue weighted by Crippen LogP contribution is -2.37. The first-order chi connectivity index (χ1) is 11.8. The first-order valence-corrected chi connectivity index (χ1v) is 8.68. The third-order valence-corrected chi connectivity index (χ3v) is 3.80. The first-order valence-electron chi connectivity index (χ1n) is 8.68. The third kappa shape index (κ3) is 6.37. The highest BCUT2D eigenvalue weighted by molar-refractivity contribution is 5.79. The van der Waals surface area contributed by atoms with Gasteiger partial charge in [-0.15, -0.1) is 0 Å². The lowest BCUT2D eigenvalue weighted by Gasteiger charge is -2.15. The number of rotatable bonds is 9. The number of guanidine groups is 1. The van der Waals surface area contributed by atoms with Crippen molar-refractivity contribution in [3.05, 3.63) is 29.8 Å². The summed E-state index contributed by atoms with van der Waals surface area (Å²) in [6.45, 7) is 6.44. The van der Waals surface area contributed by atoms with E-state index in [4.69, 9.17) is 14.2 Å². The Morgan fingerprint density at radius 2 is 2.21 bits per heavy atom. The van der Waals surface area contributed by atoms with Gasteiger partial charge in [-0.1, -0.05) is 18.2 Å². The smallest absolute Gasteiger partial charge is 0.191 e. The summed E-state index contributed by atoms with van der Waals surface area (Å²) < 4.78 is 16.7. The summed E-state index contributed by atoms with van der Waals surface area (Å²) in [6.07, 6.45) is 2.22. The van der Waals surface area contributed by atoms with Gasteiger partial charge in [-0.2, -0.15) is 0 Å². The summed E-state index contributed by atoms with van der Waals surface area (Å²) in [6, 6.07) is 8.04. The van der Waals surface area contributed by atoms with Gasteiger partial charge in [0.2, 0.25) is 0 Å². The van der Waals surface area contributed by atoms with Crippen LogP contribution >= 0.6 is 0 Å². The van der Waals surface area contributed by atoms with E-state index in [2.05, 4.69) is 21.7 Å². The van der Waals surface area contributed by atoms with Gasteiger partial charge in [0.15, 0.2) is 5.96 Å². The number of nitrogens with one attached hydrogen (secondary N) is 2. The Labute approximate surface area is 144 Å². The van der Waals surface area contributed by atoms with Crippen LogP contribution in [-0.2, 0) is 16.0 Å². The van der Waals surface area contributed by atoms with Crippen LogP contribution in [0.5, 0.6) is 5.75 Å². The highest BCUT2D eigenvalue weighted by Gasteiger charge is 2.15. The average molecular weight is 335 g/mol. The molecule has 0 radical (unpaired) electrons. The fourth-order valence-electron chi connectivity index (χ4n) is 2.52. The van der Waals surface area contributed by atoms with E-state index >= 15 is 0 Å². The van der Waals surface area contributed by atoms with Crippen molar-refractivity contribution >= 4 is 5.96 Å². The zero-order chi connectivity index (χ0) is 17.0. The van der Waals surface area contributed by atoms with E-state index in [9.17, 15) is 0 Å². The van der Waals surface area contributed by atoms with Crippen LogP contribution < -0.4 is 15.4 Å². The molecule has 2 N–H and O–H groups in total. The fraction of sp³-hybridized carbons (Fsp3) is 0.611. The number of hydrogen-bond acceptors (Lipinski definition) is 4. The standard InChI is InChI=1S/C18H29N3O3/c1-3-23-17-8-5-4-7-15(17)13-21-18(19-2)20-10-6-11-24-16-9-12-22-14-16/h4-5,7-8,16H,3,6,9-14H2,1-2H3,(H2,19,20,21). The second-order valence-corrected chi connectivity index (χ2v) is 5.60. The van der Waals surface area contributed by atoms with Gasteiger partial charge in [0.25, 0.3) is 0 Å². The summed E-state index contributed by atoms with van der Waals surface area (Å²) >= 11 is 0. The molecule has 1 aromatic carbocycles. The summed E-state index contributed by atoms with van der Waals surface area (Å²) in [5.41, 5.74) is 1.12. The topological polar surface area (TPSA) is 64.1 Å². The zero-order valence-corrected chi connectivity index (χ0v) is 14.7. The minimum atomic E-state index is 0.275.